The Kier molecular flexibility index (Phi) is 5.14. The lowest BCUT2D eigenvalue weighted by Crippen LogP contribution is -2.35. The topological polar surface area (TPSA) is 93.5 Å². The first-order valence-electron chi connectivity index (χ1n) is 7.28. The maximum atomic E-state index is 12.4. The number of carbonyl (C=O) groups is 2. The normalized spacial score (nSPS) is 11.2. The van der Waals surface area contributed by atoms with E-state index < -0.39 is 17.4 Å². The predicted octanol–water partition coefficient (Wildman–Crippen LogP) is 3.01. The molecule has 0 aliphatic carbocycles. The summed E-state index contributed by atoms with van der Waals surface area (Å²) in [6.07, 6.45) is 2.85. The zero-order valence-electron chi connectivity index (χ0n) is 13.5. The second-order valence-corrected chi connectivity index (χ2v) is 6.00. The monoisotopic (exact) mass is 351 g/mol. The van der Waals surface area contributed by atoms with Gasteiger partial charge in [0.05, 0.1) is 24.1 Å². The van der Waals surface area contributed by atoms with Gasteiger partial charge in [-0.15, -0.1) is 0 Å². The summed E-state index contributed by atoms with van der Waals surface area (Å²) < 4.78 is 6.70. The maximum absolute atomic E-state index is 12.4. The number of carboxylic acids is 1. The summed E-state index contributed by atoms with van der Waals surface area (Å²) in [4.78, 5) is 23.7. The zero-order chi connectivity index (χ0) is 17.9. The average Bonchev–Trinajstić information content (AvgIpc) is 2.96. The summed E-state index contributed by atoms with van der Waals surface area (Å²) in [5, 5.41) is 16.3. The highest BCUT2D eigenvalue weighted by Crippen LogP contribution is 2.25. The Morgan fingerprint density at radius 2 is 2.12 bits per heavy atom. The van der Waals surface area contributed by atoms with Crippen molar-refractivity contribution in [3.05, 3.63) is 41.2 Å². The molecule has 0 bridgehead atoms. The summed E-state index contributed by atoms with van der Waals surface area (Å²) in [6.45, 7) is 5.23. The smallest absolute Gasteiger partial charge is 0.331 e. The van der Waals surface area contributed by atoms with Crippen LogP contribution in [0.5, 0.6) is 5.75 Å². The highest BCUT2D eigenvalue weighted by atomic mass is 35.5. The van der Waals surface area contributed by atoms with Crippen LogP contribution in [0.2, 0.25) is 5.02 Å². The number of nitrogens with one attached hydrogen (secondary N) is 1. The molecule has 2 N–H and O–H groups in total. The molecule has 0 atom stereocenters. The van der Waals surface area contributed by atoms with Crippen molar-refractivity contribution in [1.29, 1.82) is 0 Å². The van der Waals surface area contributed by atoms with Crippen LogP contribution in [0.15, 0.2) is 30.6 Å². The number of nitrogens with zero attached hydrogens (tertiary/aromatic N) is 2. The van der Waals surface area contributed by atoms with Gasteiger partial charge >= 0.3 is 5.97 Å². The van der Waals surface area contributed by atoms with Crippen LogP contribution in [0.25, 0.3) is 0 Å². The second-order valence-electron chi connectivity index (χ2n) is 5.57. The fourth-order valence-electron chi connectivity index (χ4n) is 1.95. The summed E-state index contributed by atoms with van der Waals surface area (Å²) in [7, 11) is 0. The molecule has 1 heterocycles. The number of carboxylic acid groups (broad SMARTS) is 1. The van der Waals surface area contributed by atoms with Crippen molar-refractivity contribution in [2.24, 2.45) is 0 Å². The number of rotatable bonds is 6. The Balaban J connectivity index is 2.22. The molecule has 128 valence electrons. The third-order valence-electron chi connectivity index (χ3n) is 3.42. The van der Waals surface area contributed by atoms with Gasteiger partial charge in [-0.3, -0.25) is 9.48 Å². The van der Waals surface area contributed by atoms with Gasteiger partial charge in [0, 0.05) is 11.2 Å². The van der Waals surface area contributed by atoms with Crippen LogP contribution in [-0.2, 0) is 10.3 Å². The van der Waals surface area contributed by atoms with E-state index in [4.69, 9.17) is 16.3 Å². The van der Waals surface area contributed by atoms with Crippen molar-refractivity contribution in [2.45, 2.75) is 26.3 Å². The molecular formula is C16H18ClN3O4. The zero-order valence-corrected chi connectivity index (χ0v) is 14.3. The Labute approximate surface area is 144 Å². The lowest BCUT2D eigenvalue weighted by Gasteiger charge is -2.19. The number of amides is 1. The van der Waals surface area contributed by atoms with Gasteiger partial charge in [0.15, 0.2) is 5.54 Å². The minimum absolute atomic E-state index is 0.325. The first kappa shape index (κ1) is 17.8. The second kappa shape index (κ2) is 6.92. The van der Waals surface area contributed by atoms with Gasteiger partial charge in [-0.1, -0.05) is 11.6 Å². The minimum atomic E-state index is -1.22. The van der Waals surface area contributed by atoms with Crippen LogP contribution in [0.3, 0.4) is 0 Å². The fourth-order valence-corrected chi connectivity index (χ4v) is 2.11. The standard InChI is InChI=1S/C16H18ClN3O4/c1-4-24-13-7-10(17)5-6-12(13)14(21)19-11-8-18-20(9-11)16(2,3)15(22)23/h5-9H,4H2,1-3H3,(H,19,21)(H,22,23). The number of hydrogen-bond acceptors (Lipinski definition) is 4. The van der Waals surface area contributed by atoms with Gasteiger partial charge in [0.25, 0.3) is 5.91 Å². The van der Waals surface area contributed by atoms with E-state index >= 15 is 0 Å². The van der Waals surface area contributed by atoms with Crippen LogP contribution in [0.1, 0.15) is 31.1 Å². The number of aliphatic carboxylic acids is 1. The van der Waals surface area contributed by atoms with Crippen molar-refractivity contribution in [2.75, 3.05) is 11.9 Å². The van der Waals surface area contributed by atoms with Crippen molar-refractivity contribution in [3.63, 3.8) is 0 Å². The molecule has 0 spiro atoms. The van der Waals surface area contributed by atoms with E-state index in [1.54, 1.807) is 25.1 Å². The number of ether oxygens (including phenoxy) is 1. The molecular weight excluding hydrogens is 334 g/mol. The molecule has 2 aromatic rings. The largest absolute Gasteiger partial charge is 0.493 e. The van der Waals surface area contributed by atoms with E-state index in [1.165, 1.54) is 30.9 Å². The Hall–Kier alpha value is -2.54. The van der Waals surface area contributed by atoms with Gasteiger partial charge in [0.2, 0.25) is 0 Å². The Morgan fingerprint density at radius 1 is 1.42 bits per heavy atom. The molecule has 0 aliphatic heterocycles. The van der Waals surface area contributed by atoms with E-state index in [0.717, 1.165) is 0 Å². The van der Waals surface area contributed by atoms with E-state index in [1.807, 2.05) is 0 Å². The molecule has 0 saturated heterocycles. The minimum Gasteiger partial charge on any atom is -0.493 e. The fraction of sp³-hybridized carbons (Fsp3) is 0.312. The van der Waals surface area contributed by atoms with Gasteiger partial charge in [-0.25, -0.2) is 4.79 Å². The van der Waals surface area contributed by atoms with Gasteiger partial charge in [-0.2, -0.15) is 5.10 Å². The third-order valence-corrected chi connectivity index (χ3v) is 3.66. The van der Waals surface area contributed by atoms with Gasteiger partial charge in [-0.05, 0) is 39.0 Å². The summed E-state index contributed by atoms with van der Waals surface area (Å²) >= 11 is 5.92. The SMILES string of the molecule is CCOc1cc(Cl)ccc1C(=O)Nc1cnn(C(C)(C)C(=O)O)c1. The van der Waals surface area contributed by atoms with E-state index in [0.29, 0.717) is 28.6 Å². The number of aromatic nitrogens is 2. The van der Waals surface area contributed by atoms with Crippen molar-refractivity contribution >= 4 is 29.2 Å². The molecule has 24 heavy (non-hydrogen) atoms. The van der Waals surface area contributed by atoms with E-state index in [2.05, 4.69) is 10.4 Å². The van der Waals surface area contributed by atoms with Gasteiger partial charge < -0.3 is 15.2 Å². The molecule has 0 aliphatic rings. The van der Waals surface area contributed by atoms with Crippen LogP contribution >= 0.6 is 11.6 Å². The molecule has 0 radical (unpaired) electrons. The lowest BCUT2D eigenvalue weighted by molar-refractivity contribution is -0.146. The first-order valence-corrected chi connectivity index (χ1v) is 7.65. The molecule has 0 unspecified atom stereocenters. The number of halogens is 1. The van der Waals surface area contributed by atoms with Crippen molar-refractivity contribution in [3.8, 4) is 5.75 Å². The maximum Gasteiger partial charge on any atom is 0.331 e. The van der Waals surface area contributed by atoms with Crippen molar-refractivity contribution < 1.29 is 19.4 Å². The summed E-state index contributed by atoms with van der Waals surface area (Å²) in [5.41, 5.74) is -0.516. The third kappa shape index (κ3) is 3.68. The lowest BCUT2D eigenvalue weighted by atomic mass is 10.1. The predicted molar refractivity (Wildman–Crippen MR) is 89.8 cm³/mol. The molecule has 1 aromatic carbocycles. The van der Waals surface area contributed by atoms with Crippen LogP contribution in [0, 0.1) is 0 Å². The Bertz CT molecular complexity index is 770. The van der Waals surface area contributed by atoms with E-state index in [9.17, 15) is 14.7 Å². The molecule has 1 amide bonds. The molecule has 8 heteroatoms. The summed E-state index contributed by atoms with van der Waals surface area (Å²) in [5.74, 6) is -1.05. The van der Waals surface area contributed by atoms with E-state index in [-0.39, 0.29) is 0 Å². The Morgan fingerprint density at radius 3 is 2.75 bits per heavy atom. The number of benzene rings is 1. The molecule has 7 nitrogen and oxygen atoms in total. The molecule has 1 aromatic heterocycles. The van der Waals surface area contributed by atoms with Crippen LogP contribution in [-0.4, -0.2) is 33.4 Å². The molecule has 0 saturated carbocycles. The average molecular weight is 352 g/mol. The van der Waals surface area contributed by atoms with Gasteiger partial charge in [0.1, 0.15) is 5.75 Å². The van der Waals surface area contributed by atoms with Crippen molar-refractivity contribution in [1.82, 2.24) is 9.78 Å². The number of carbonyl (C=O) groups excluding carboxylic acids is 1. The summed E-state index contributed by atoms with van der Waals surface area (Å²) in [6, 6.07) is 4.72. The highest BCUT2D eigenvalue weighted by Gasteiger charge is 2.30. The quantitative estimate of drug-likeness (QED) is 0.834. The molecule has 0 fully saturated rings. The number of hydrogen-bond donors (Lipinski definition) is 2. The number of anilines is 1. The molecule has 2 rings (SSSR count). The van der Waals surface area contributed by atoms with Crippen LogP contribution < -0.4 is 10.1 Å². The first-order chi connectivity index (χ1) is 11.3. The van der Waals surface area contributed by atoms with Crippen LogP contribution in [0.4, 0.5) is 5.69 Å². The highest BCUT2D eigenvalue weighted by molar-refractivity contribution is 6.31.